The van der Waals surface area contributed by atoms with Gasteiger partial charge in [0.1, 0.15) is 5.57 Å². The van der Waals surface area contributed by atoms with Crippen molar-refractivity contribution < 1.29 is 19.1 Å². The Kier molecular flexibility index (Phi) is 10.3. The molecule has 35 heavy (non-hydrogen) atoms. The van der Waals surface area contributed by atoms with Gasteiger partial charge in [-0.1, -0.05) is 57.2 Å². The van der Waals surface area contributed by atoms with Crippen molar-refractivity contribution >= 4 is 56.8 Å². The van der Waals surface area contributed by atoms with Crippen molar-refractivity contribution in [1.82, 2.24) is 5.32 Å². The number of nitrogens with zero attached hydrogens (tertiary/aromatic N) is 1. The molecule has 1 heterocycles. The highest BCUT2D eigenvalue weighted by Gasteiger charge is 2.34. The fourth-order valence-electron chi connectivity index (χ4n) is 3.77. The van der Waals surface area contributed by atoms with Gasteiger partial charge in [-0.15, -0.1) is 0 Å². The van der Waals surface area contributed by atoms with Crippen molar-refractivity contribution in [2.75, 3.05) is 18.1 Å². The third kappa shape index (κ3) is 7.15. The van der Waals surface area contributed by atoms with Gasteiger partial charge >= 0.3 is 0 Å². The first-order valence-electron chi connectivity index (χ1n) is 12.0. The molecule has 0 unspecified atom stereocenters. The predicted molar refractivity (Wildman–Crippen MR) is 147 cm³/mol. The largest absolute Gasteiger partial charge is 0.490 e. The van der Waals surface area contributed by atoms with Gasteiger partial charge in [0, 0.05) is 0 Å². The van der Waals surface area contributed by atoms with Gasteiger partial charge in [-0.05, 0) is 77.4 Å². The smallest absolute Gasteiger partial charge is 0.270 e. The number of hydrogen-bond donors (Lipinski definition) is 1. The summed E-state index contributed by atoms with van der Waals surface area (Å²) in [6, 6.07) is 12.6. The van der Waals surface area contributed by atoms with Crippen LogP contribution in [0, 0.1) is 0 Å². The normalized spacial score (nSPS) is 14.9. The summed E-state index contributed by atoms with van der Waals surface area (Å²) in [5.41, 5.74) is 1.20. The summed E-state index contributed by atoms with van der Waals surface area (Å²) in [7, 11) is 0. The highest BCUT2D eigenvalue weighted by molar-refractivity contribution is 9.10. The number of halogens is 1. The average molecular weight is 560 g/mol. The van der Waals surface area contributed by atoms with Crippen molar-refractivity contribution in [3.8, 4) is 11.5 Å². The van der Waals surface area contributed by atoms with E-state index in [1.807, 2.05) is 19.1 Å². The van der Waals surface area contributed by atoms with E-state index in [1.54, 1.807) is 36.4 Å². The molecule has 1 N–H and O–H groups in total. The molecule has 0 saturated carbocycles. The average Bonchev–Trinajstić information content (AvgIpc) is 2.83. The van der Waals surface area contributed by atoms with Crippen LogP contribution in [0.5, 0.6) is 11.5 Å². The van der Waals surface area contributed by atoms with Gasteiger partial charge < -0.3 is 9.47 Å². The maximum absolute atomic E-state index is 13.2. The fraction of sp³-hybridized carbons (Fsp3) is 0.370. The van der Waals surface area contributed by atoms with Crippen LogP contribution in [0.2, 0.25) is 0 Å². The zero-order valence-electron chi connectivity index (χ0n) is 20.1. The Balaban J connectivity index is 1.80. The first-order chi connectivity index (χ1) is 17.0. The Morgan fingerprint density at radius 1 is 1.00 bits per heavy atom. The highest BCUT2D eigenvalue weighted by atomic mass is 79.9. The van der Waals surface area contributed by atoms with Crippen LogP contribution < -0.4 is 19.7 Å². The quantitative estimate of drug-likeness (QED) is 0.141. The van der Waals surface area contributed by atoms with Crippen LogP contribution in [0.25, 0.3) is 6.08 Å². The lowest BCUT2D eigenvalue weighted by atomic mass is 10.1. The van der Waals surface area contributed by atoms with Crippen molar-refractivity contribution in [2.24, 2.45) is 0 Å². The SMILES string of the molecule is CCCCCCCCOc1c(Br)cc(/C=C2/C(=O)NC(=S)N(c3ccccc3)C2=O)cc1OCC. The number of carbonyl (C=O) groups is 2. The van der Waals surface area contributed by atoms with Crippen LogP contribution >= 0.6 is 28.1 Å². The summed E-state index contributed by atoms with van der Waals surface area (Å²) in [5.74, 6) is 0.153. The van der Waals surface area contributed by atoms with E-state index in [-0.39, 0.29) is 10.7 Å². The maximum atomic E-state index is 13.2. The number of nitrogens with one attached hydrogen (secondary N) is 1. The molecule has 0 bridgehead atoms. The second kappa shape index (κ2) is 13.4. The number of benzene rings is 2. The van der Waals surface area contributed by atoms with Crippen molar-refractivity contribution in [1.29, 1.82) is 0 Å². The van der Waals surface area contributed by atoms with Crippen LogP contribution in [0.4, 0.5) is 5.69 Å². The van der Waals surface area contributed by atoms with Gasteiger partial charge in [-0.25, -0.2) is 0 Å². The monoisotopic (exact) mass is 558 g/mol. The molecule has 0 atom stereocenters. The fourth-order valence-corrected chi connectivity index (χ4v) is 4.62. The summed E-state index contributed by atoms with van der Waals surface area (Å²) in [6.45, 7) is 5.15. The number of carbonyl (C=O) groups excluding carboxylic acids is 2. The van der Waals surface area contributed by atoms with E-state index in [0.29, 0.717) is 40.4 Å². The number of rotatable bonds is 12. The third-order valence-corrected chi connectivity index (χ3v) is 6.38. The lowest BCUT2D eigenvalue weighted by Crippen LogP contribution is -2.54. The van der Waals surface area contributed by atoms with Gasteiger partial charge in [0.05, 0.1) is 23.4 Å². The Hall–Kier alpha value is -2.71. The van der Waals surface area contributed by atoms with Crippen LogP contribution in [-0.4, -0.2) is 30.1 Å². The number of amides is 2. The first kappa shape index (κ1) is 26.9. The van der Waals surface area contributed by atoms with Gasteiger partial charge in [0.15, 0.2) is 16.6 Å². The van der Waals surface area contributed by atoms with Crippen molar-refractivity contribution in [3.05, 3.63) is 58.1 Å². The Labute approximate surface area is 220 Å². The summed E-state index contributed by atoms with van der Waals surface area (Å²) >= 11 is 8.83. The van der Waals surface area contributed by atoms with Crippen LogP contribution in [-0.2, 0) is 9.59 Å². The molecular weight excluding hydrogens is 528 g/mol. The second-order valence-corrected chi connectivity index (χ2v) is 9.41. The molecule has 0 aromatic heterocycles. The summed E-state index contributed by atoms with van der Waals surface area (Å²) in [4.78, 5) is 27.2. The standard InChI is InChI=1S/C27H31BrN2O4S/c1-3-5-6-7-8-12-15-34-24-22(28)17-19(18-23(24)33-4-2)16-21-25(31)29-27(35)30(26(21)32)20-13-10-9-11-14-20/h9-11,13-14,16-18H,3-8,12,15H2,1-2H3,(H,29,31,35)/b21-16-. The Bertz CT molecular complexity index is 1090. The molecular formula is C27H31BrN2O4S. The summed E-state index contributed by atoms with van der Waals surface area (Å²) < 4.78 is 12.6. The molecule has 186 valence electrons. The van der Waals surface area contributed by atoms with E-state index in [1.165, 1.54) is 30.6 Å². The third-order valence-electron chi connectivity index (χ3n) is 5.50. The zero-order valence-corrected chi connectivity index (χ0v) is 22.5. The van der Waals surface area contributed by atoms with Gasteiger partial charge in [0.25, 0.3) is 11.8 Å². The number of thiocarbonyl (C=S) groups is 1. The van der Waals surface area contributed by atoms with E-state index >= 15 is 0 Å². The van der Waals surface area contributed by atoms with Gasteiger partial charge in [0.2, 0.25) is 0 Å². The minimum absolute atomic E-state index is 0.0162. The number of ether oxygens (including phenoxy) is 2. The summed E-state index contributed by atoms with van der Waals surface area (Å²) in [6.07, 6.45) is 8.61. The molecule has 2 aromatic carbocycles. The molecule has 6 nitrogen and oxygen atoms in total. The molecule has 1 fully saturated rings. The molecule has 0 spiro atoms. The minimum atomic E-state index is -0.537. The molecule has 0 aliphatic carbocycles. The summed E-state index contributed by atoms with van der Waals surface area (Å²) in [5, 5.41) is 2.66. The molecule has 3 rings (SSSR count). The van der Waals surface area contributed by atoms with Crippen molar-refractivity contribution in [2.45, 2.75) is 52.4 Å². The van der Waals surface area contributed by atoms with Gasteiger partial charge in [-0.3, -0.25) is 19.8 Å². The highest BCUT2D eigenvalue weighted by Crippen LogP contribution is 2.38. The van der Waals surface area contributed by atoms with Crippen molar-refractivity contribution in [3.63, 3.8) is 0 Å². The van der Waals surface area contributed by atoms with Crippen LogP contribution in [0.3, 0.4) is 0 Å². The lowest BCUT2D eigenvalue weighted by molar-refractivity contribution is -0.122. The number of para-hydroxylation sites is 1. The zero-order chi connectivity index (χ0) is 25.2. The first-order valence-corrected chi connectivity index (χ1v) is 13.2. The van der Waals surface area contributed by atoms with Gasteiger partial charge in [-0.2, -0.15) is 0 Å². The minimum Gasteiger partial charge on any atom is -0.490 e. The van der Waals surface area contributed by atoms with E-state index < -0.39 is 11.8 Å². The van der Waals surface area contributed by atoms with Crippen LogP contribution in [0.1, 0.15) is 57.9 Å². The molecule has 1 saturated heterocycles. The number of hydrogen-bond acceptors (Lipinski definition) is 5. The Morgan fingerprint density at radius 2 is 1.71 bits per heavy atom. The van der Waals surface area contributed by atoms with Crippen LogP contribution in [0.15, 0.2) is 52.5 Å². The predicted octanol–water partition coefficient (Wildman–Crippen LogP) is 6.42. The number of unbranched alkanes of at least 4 members (excludes halogenated alkanes) is 5. The van der Waals surface area contributed by atoms with E-state index in [0.717, 1.165) is 12.8 Å². The van der Waals surface area contributed by atoms with E-state index in [4.69, 9.17) is 21.7 Å². The molecule has 8 heteroatoms. The molecule has 1 aliphatic rings. The molecule has 0 radical (unpaired) electrons. The van der Waals surface area contributed by atoms with E-state index in [9.17, 15) is 9.59 Å². The lowest BCUT2D eigenvalue weighted by Gasteiger charge is -2.28. The topological polar surface area (TPSA) is 67.9 Å². The maximum Gasteiger partial charge on any atom is 0.270 e. The molecule has 1 aliphatic heterocycles. The molecule has 2 amide bonds. The van der Waals surface area contributed by atoms with E-state index in [2.05, 4.69) is 28.2 Å². The second-order valence-electron chi connectivity index (χ2n) is 8.17. The molecule has 2 aromatic rings. The number of anilines is 1. The Morgan fingerprint density at radius 3 is 2.43 bits per heavy atom.